The van der Waals surface area contributed by atoms with Crippen LogP contribution in [0.25, 0.3) is 0 Å². The highest BCUT2D eigenvalue weighted by Crippen LogP contribution is 2.21. The van der Waals surface area contributed by atoms with E-state index < -0.39 is 5.91 Å². The zero-order chi connectivity index (χ0) is 13.5. The number of primary amides is 1. The zero-order valence-electron chi connectivity index (χ0n) is 9.41. The van der Waals surface area contributed by atoms with E-state index in [2.05, 4.69) is 37.2 Å². The van der Waals surface area contributed by atoms with Gasteiger partial charge in [0.2, 0.25) is 5.91 Å². The van der Waals surface area contributed by atoms with Gasteiger partial charge in [0, 0.05) is 15.5 Å². The number of hydrogen-bond acceptors (Lipinski definition) is 3. The van der Waals surface area contributed by atoms with E-state index in [4.69, 9.17) is 10.5 Å². The van der Waals surface area contributed by atoms with Gasteiger partial charge in [0.25, 0.3) is 5.91 Å². The van der Waals surface area contributed by atoms with E-state index in [0.717, 1.165) is 4.47 Å². The molecular formula is C11H12Br2N2O3. The average molecular weight is 380 g/mol. The fourth-order valence-corrected chi connectivity index (χ4v) is 2.41. The van der Waals surface area contributed by atoms with Crippen LogP contribution in [0.1, 0.15) is 10.4 Å². The van der Waals surface area contributed by atoms with Crippen LogP contribution in [0.3, 0.4) is 0 Å². The van der Waals surface area contributed by atoms with Gasteiger partial charge in [-0.25, -0.2) is 0 Å². The van der Waals surface area contributed by atoms with Gasteiger partial charge < -0.3 is 15.8 Å². The second-order valence-electron chi connectivity index (χ2n) is 3.40. The van der Waals surface area contributed by atoms with Crippen LogP contribution < -0.4 is 11.1 Å². The molecule has 18 heavy (non-hydrogen) atoms. The van der Waals surface area contributed by atoms with E-state index in [0.29, 0.717) is 16.6 Å². The van der Waals surface area contributed by atoms with Gasteiger partial charge in [0.05, 0.1) is 12.2 Å². The second kappa shape index (κ2) is 7.50. The van der Waals surface area contributed by atoms with Crippen LogP contribution >= 0.6 is 31.9 Å². The lowest BCUT2D eigenvalue weighted by Crippen LogP contribution is -2.29. The lowest BCUT2D eigenvalue weighted by Gasteiger charge is -2.07. The van der Waals surface area contributed by atoms with Crippen molar-refractivity contribution in [2.24, 2.45) is 5.73 Å². The molecule has 0 spiro atoms. The summed E-state index contributed by atoms with van der Waals surface area (Å²) in [5.74, 6) is -0.742. The summed E-state index contributed by atoms with van der Waals surface area (Å²) < 4.78 is 6.51. The maximum Gasteiger partial charge on any atom is 0.252 e. The Balaban J connectivity index is 2.39. The monoisotopic (exact) mass is 378 g/mol. The number of amides is 2. The summed E-state index contributed by atoms with van der Waals surface area (Å²) in [6.07, 6.45) is 0. The smallest absolute Gasteiger partial charge is 0.252 e. The number of carbonyl (C=O) groups is 2. The molecule has 0 aliphatic rings. The third kappa shape index (κ3) is 5.16. The third-order valence-electron chi connectivity index (χ3n) is 1.95. The molecule has 0 heterocycles. The summed E-state index contributed by atoms with van der Waals surface area (Å²) >= 11 is 6.61. The maximum atomic E-state index is 11.8. The van der Waals surface area contributed by atoms with Gasteiger partial charge in [-0.3, -0.25) is 9.59 Å². The average Bonchev–Trinajstić information content (AvgIpc) is 2.27. The number of benzene rings is 1. The van der Waals surface area contributed by atoms with E-state index >= 15 is 0 Å². The minimum atomic E-state index is -0.531. The van der Waals surface area contributed by atoms with Crippen molar-refractivity contribution < 1.29 is 14.3 Å². The topological polar surface area (TPSA) is 81.4 Å². The molecule has 5 nitrogen and oxygen atoms in total. The Hall–Kier alpha value is -0.920. The Labute approximate surface area is 121 Å². The molecule has 0 unspecified atom stereocenters. The van der Waals surface area contributed by atoms with Crippen LogP contribution in [0.2, 0.25) is 0 Å². The fraction of sp³-hybridized carbons (Fsp3) is 0.273. The zero-order valence-corrected chi connectivity index (χ0v) is 12.6. The first-order valence-corrected chi connectivity index (χ1v) is 6.68. The highest BCUT2D eigenvalue weighted by atomic mass is 79.9. The SMILES string of the molecule is NC(=O)COCCNC(=O)c1ccc(Br)cc1Br. The van der Waals surface area contributed by atoms with Gasteiger partial charge >= 0.3 is 0 Å². The van der Waals surface area contributed by atoms with Gasteiger partial charge in [0.1, 0.15) is 6.61 Å². The number of halogens is 2. The van der Waals surface area contributed by atoms with Crippen molar-refractivity contribution >= 4 is 43.7 Å². The summed E-state index contributed by atoms with van der Waals surface area (Å²) in [5.41, 5.74) is 5.43. The van der Waals surface area contributed by atoms with Gasteiger partial charge in [-0.2, -0.15) is 0 Å². The molecule has 0 atom stereocenters. The van der Waals surface area contributed by atoms with Crippen LogP contribution in [0.5, 0.6) is 0 Å². The number of rotatable bonds is 6. The molecule has 0 saturated heterocycles. The Morgan fingerprint density at radius 3 is 2.67 bits per heavy atom. The van der Waals surface area contributed by atoms with Crippen molar-refractivity contribution in [1.29, 1.82) is 0 Å². The summed E-state index contributed by atoms with van der Waals surface area (Å²) in [4.78, 5) is 22.2. The van der Waals surface area contributed by atoms with E-state index in [1.54, 1.807) is 18.2 Å². The van der Waals surface area contributed by atoms with Crippen LogP contribution in [0.4, 0.5) is 0 Å². The molecule has 0 saturated carbocycles. The van der Waals surface area contributed by atoms with Gasteiger partial charge in [-0.1, -0.05) is 15.9 Å². The lowest BCUT2D eigenvalue weighted by molar-refractivity contribution is -0.122. The van der Waals surface area contributed by atoms with Gasteiger partial charge in [0.15, 0.2) is 0 Å². The molecule has 0 aliphatic heterocycles. The van der Waals surface area contributed by atoms with Crippen LogP contribution in [0.15, 0.2) is 27.1 Å². The summed E-state index contributed by atoms with van der Waals surface area (Å²) in [6, 6.07) is 5.27. The van der Waals surface area contributed by atoms with E-state index in [-0.39, 0.29) is 19.1 Å². The number of ether oxygens (including phenoxy) is 1. The third-order valence-corrected chi connectivity index (χ3v) is 3.10. The second-order valence-corrected chi connectivity index (χ2v) is 5.17. The van der Waals surface area contributed by atoms with Crippen molar-refractivity contribution in [3.8, 4) is 0 Å². The molecule has 1 aromatic carbocycles. The molecular weight excluding hydrogens is 368 g/mol. The summed E-state index contributed by atoms with van der Waals surface area (Å²) in [5, 5.41) is 2.67. The molecule has 0 aromatic heterocycles. The van der Waals surface area contributed by atoms with E-state index in [1.807, 2.05) is 0 Å². The predicted molar refractivity (Wildman–Crippen MR) is 74.2 cm³/mol. The molecule has 0 fully saturated rings. The molecule has 98 valence electrons. The minimum Gasteiger partial charge on any atom is -0.370 e. The van der Waals surface area contributed by atoms with Crippen molar-refractivity contribution in [1.82, 2.24) is 5.32 Å². The predicted octanol–water partition coefficient (Wildman–Crippen LogP) is 1.44. The highest BCUT2D eigenvalue weighted by molar-refractivity contribution is 9.11. The summed E-state index contributed by atoms with van der Waals surface area (Å²) in [7, 11) is 0. The summed E-state index contributed by atoms with van der Waals surface area (Å²) in [6.45, 7) is 0.412. The quantitative estimate of drug-likeness (QED) is 0.734. The Morgan fingerprint density at radius 2 is 2.06 bits per heavy atom. The van der Waals surface area contributed by atoms with Crippen LogP contribution in [-0.4, -0.2) is 31.6 Å². The van der Waals surface area contributed by atoms with Crippen LogP contribution in [-0.2, 0) is 9.53 Å². The van der Waals surface area contributed by atoms with E-state index in [1.165, 1.54) is 0 Å². The molecule has 7 heteroatoms. The number of carbonyl (C=O) groups excluding carboxylic acids is 2. The first-order valence-electron chi connectivity index (χ1n) is 5.10. The van der Waals surface area contributed by atoms with E-state index in [9.17, 15) is 9.59 Å². The molecule has 2 amide bonds. The number of nitrogens with two attached hydrogens (primary N) is 1. The first-order chi connectivity index (χ1) is 8.50. The molecule has 1 aromatic rings. The standard InChI is InChI=1S/C11H12Br2N2O3/c12-7-1-2-8(9(13)5-7)11(17)15-3-4-18-6-10(14)16/h1-2,5H,3-4,6H2,(H2,14,16)(H,15,17). The van der Waals surface area contributed by atoms with Crippen LogP contribution in [0, 0.1) is 0 Å². The normalized spacial score (nSPS) is 10.1. The largest absolute Gasteiger partial charge is 0.370 e. The fourth-order valence-electron chi connectivity index (χ4n) is 1.18. The lowest BCUT2D eigenvalue weighted by atomic mass is 10.2. The van der Waals surface area contributed by atoms with Crippen molar-refractivity contribution in [3.05, 3.63) is 32.7 Å². The van der Waals surface area contributed by atoms with Gasteiger partial charge in [-0.15, -0.1) is 0 Å². The minimum absolute atomic E-state index is 0.141. The molecule has 1 rings (SSSR count). The Kier molecular flexibility index (Phi) is 6.31. The van der Waals surface area contributed by atoms with Crippen molar-refractivity contribution in [2.75, 3.05) is 19.8 Å². The molecule has 0 aliphatic carbocycles. The highest BCUT2D eigenvalue weighted by Gasteiger charge is 2.09. The number of hydrogen-bond donors (Lipinski definition) is 2. The molecule has 0 radical (unpaired) electrons. The maximum absolute atomic E-state index is 11.8. The molecule has 0 bridgehead atoms. The number of nitrogens with one attached hydrogen (secondary N) is 1. The Bertz CT molecular complexity index is 452. The molecule has 3 N–H and O–H groups in total. The first kappa shape index (κ1) is 15.1. The van der Waals surface area contributed by atoms with Gasteiger partial charge in [-0.05, 0) is 34.1 Å². The van der Waals surface area contributed by atoms with Crippen molar-refractivity contribution in [2.45, 2.75) is 0 Å². The Morgan fingerprint density at radius 1 is 1.33 bits per heavy atom. The van der Waals surface area contributed by atoms with Crippen molar-refractivity contribution in [3.63, 3.8) is 0 Å².